The van der Waals surface area contributed by atoms with Crippen LogP contribution in [0.25, 0.3) is 0 Å². The molecule has 0 radical (unpaired) electrons. The lowest BCUT2D eigenvalue weighted by Gasteiger charge is -2.17. The van der Waals surface area contributed by atoms with Gasteiger partial charge in [0.2, 0.25) is 5.91 Å². The summed E-state index contributed by atoms with van der Waals surface area (Å²) in [5, 5.41) is 0. The molecule has 0 aromatic heterocycles. The molecular formula is C11H19NO. The van der Waals surface area contributed by atoms with Crippen LogP contribution < -0.4 is 0 Å². The van der Waals surface area contributed by atoms with Crippen LogP contribution in [-0.4, -0.2) is 23.9 Å². The molecule has 1 aliphatic carbocycles. The topological polar surface area (TPSA) is 20.3 Å². The van der Waals surface area contributed by atoms with Crippen molar-refractivity contribution in [2.24, 2.45) is 17.8 Å². The SMILES string of the molecule is CC(C)C1CCN(C(=O)C2CC2)C1. The molecule has 0 bridgehead atoms. The third-order valence-corrected chi connectivity index (χ3v) is 3.41. The van der Waals surface area contributed by atoms with Gasteiger partial charge in [-0.3, -0.25) is 4.79 Å². The molecule has 0 aromatic rings. The van der Waals surface area contributed by atoms with Crippen LogP contribution in [0.3, 0.4) is 0 Å². The largest absolute Gasteiger partial charge is 0.342 e. The predicted octanol–water partition coefficient (Wildman–Crippen LogP) is 1.90. The van der Waals surface area contributed by atoms with Crippen LogP contribution in [0, 0.1) is 17.8 Å². The van der Waals surface area contributed by atoms with E-state index < -0.39 is 0 Å². The van der Waals surface area contributed by atoms with Gasteiger partial charge in [-0.15, -0.1) is 0 Å². The maximum absolute atomic E-state index is 11.7. The van der Waals surface area contributed by atoms with Crippen LogP contribution in [0.4, 0.5) is 0 Å². The van der Waals surface area contributed by atoms with Crippen molar-refractivity contribution in [2.45, 2.75) is 33.1 Å². The summed E-state index contributed by atoms with van der Waals surface area (Å²) in [4.78, 5) is 13.8. The molecule has 2 fully saturated rings. The fraction of sp³-hybridized carbons (Fsp3) is 0.909. The van der Waals surface area contributed by atoms with E-state index >= 15 is 0 Å². The van der Waals surface area contributed by atoms with Gasteiger partial charge >= 0.3 is 0 Å². The molecule has 1 aliphatic heterocycles. The van der Waals surface area contributed by atoms with Crippen LogP contribution in [0.15, 0.2) is 0 Å². The van der Waals surface area contributed by atoms with E-state index in [1.807, 2.05) is 0 Å². The smallest absolute Gasteiger partial charge is 0.225 e. The molecular weight excluding hydrogens is 162 g/mol. The zero-order valence-electron chi connectivity index (χ0n) is 8.62. The molecule has 2 aliphatic rings. The highest BCUT2D eigenvalue weighted by molar-refractivity contribution is 5.81. The summed E-state index contributed by atoms with van der Waals surface area (Å²) in [5.74, 6) is 2.33. The molecule has 0 spiro atoms. The standard InChI is InChI=1S/C11H19NO/c1-8(2)10-5-6-12(7-10)11(13)9-3-4-9/h8-10H,3-7H2,1-2H3. The summed E-state index contributed by atoms with van der Waals surface area (Å²) in [5.41, 5.74) is 0. The van der Waals surface area contributed by atoms with Crippen LogP contribution in [0.1, 0.15) is 33.1 Å². The maximum atomic E-state index is 11.7. The van der Waals surface area contributed by atoms with E-state index in [0.717, 1.165) is 37.8 Å². The summed E-state index contributed by atoms with van der Waals surface area (Å²) in [6.45, 7) is 6.55. The van der Waals surface area contributed by atoms with Crippen molar-refractivity contribution in [3.8, 4) is 0 Å². The van der Waals surface area contributed by atoms with Gasteiger partial charge in [-0.2, -0.15) is 0 Å². The summed E-state index contributed by atoms with van der Waals surface area (Å²) in [6, 6.07) is 0. The van der Waals surface area contributed by atoms with Gasteiger partial charge in [0.25, 0.3) is 0 Å². The molecule has 2 heteroatoms. The second-order valence-corrected chi connectivity index (χ2v) is 4.85. The Balaban J connectivity index is 1.86. The second-order valence-electron chi connectivity index (χ2n) is 4.85. The van der Waals surface area contributed by atoms with Crippen LogP contribution >= 0.6 is 0 Å². The van der Waals surface area contributed by atoms with Crippen molar-refractivity contribution in [2.75, 3.05) is 13.1 Å². The lowest BCUT2D eigenvalue weighted by Crippen LogP contribution is -2.30. The van der Waals surface area contributed by atoms with Gasteiger partial charge < -0.3 is 4.90 Å². The fourth-order valence-electron chi connectivity index (χ4n) is 2.12. The molecule has 0 aromatic carbocycles. The van der Waals surface area contributed by atoms with E-state index in [-0.39, 0.29) is 0 Å². The molecule has 1 saturated heterocycles. The Labute approximate surface area is 80.3 Å². The highest BCUT2D eigenvalue weighted by Crippen LogP contribution is 2.33. The van der Waals surface area contributed by atoms with Gasteiger partial charge in [0.15, 0.2) is 0 Å². The van der Waals surface area contributed by atoms with E-state index in [9.17, 15) is 4.79 Å². The number of hydrogen-bond donors (Lipinski definition) is 0. The molecule has 2 rings (SSSR count). The van der Waals surface area contributed by atoms with Crippen molar-refractivity contribution in [3.63, 3.8) is 0 Å². The second kappa shape index (κ2) is 3.32. The quantitative estimate of drug-likeness (QED) is 0.637. The van der Waals surface area contributed by atoms with Gasteiger partial charge in [-0.05, 0) is 31.1 Å². The maximum Gasteiger partial charge on any atom is 0.225 e. The van der Waals surface area contributed by atoms with Crippen molar-refractivity contribution in [1.82, 2.24) is 4.90 Å². The number of carbonyl (C=O) groups excluding carboxylic acids is 1. The van der Waals surface area contributed by atoms with E-state index in [2.05, 4.69) is 18.7 Å². The monoisotopic (exact) mass is 181 g/mol. The minimum absolute atomic E-state index is 0.408. The zero-order valence-corrected chi connectivity index (χ0v) is 8.62. The summed E-state index contributed by atoms with van der Waals surface area (Å²) >= 11 is 0. The van der Waals surface area contributed by atoms with Crippen molar-refractivity contribution in [3.05, 3.63) is 0 Å². The molecule has 1 unspecified atom stereocenters. The Bertz CT molecular complexity index is 208. The first-order valence-electron chi connectivity index (χ1n) is 5.47. The van der Waals surface area contributed by atoms with E-state index in [0.29, 0.717) is 11.8 Å². The lowest BCUT2D eigenvalue weighted by molar-refractivity contribution is -0.131. The molecule has 1 atom stereocenters. The Kier molecular flexibility index (Phi) is 2.31. The third-order valence-electron chi connectivity index (χ3n) is 3.41. The first kappa shape index (κ1) is 9.04. The Morgan fingerprint density at radius 1 is 1.31 bits per heavy atom. The fourth-order valence-corrected chi connectivity index (χ4v) is 2.12. The molecule has 0 N–H and O–H groups in total. The first-order chi connectivity index (χ1) is 6.18. The van der Waals surface area contributed by atoms with Gasteiger partial charge in [0.1, 0.15) is 0 Å². The number of carbonyl (C=O) groups is 1. The number of amides is 1. The average Bonchev–Trinajstić information content (AvgIpc) is 2.81. The summed E-state index contributed by atoms with van der Waals surface area (Å²) in [7, 11) is 0. The Morgan fingerprint density at radius 2 is 2.00 bits per heavy atom. The van der Waals surface area contributed by atoms with Gasteiger partial charge in [-0.1, -0.05) is 13.8 Å². The average molecular weight is 181 g/mol. The lowest BCUT2D eigenvalue weighted by atomic mass is 9.95. The minimum Gasteiger partial charge on any atom is -0.342 e. The van der Waals surface area contributed by atoms with Gasteiger partial charge in [0.05, 0.1) is 0 Å². The highest BCUT2D eigenvalue weighted by Gasteiger charge is 2.36. The van der Waals surface area contributed by atoms with Crippen molar-refractivity contribution in [1.29, 1.82) is 0 Å². The van der Waals surface area contributed by atoms with Crippen LogP contribution in [0.5, 0.6) is 0 Å². The van der Waals surface area contributed by atoms with Crippen molar-refractivity contribution >= 4 is 5.91 Å². The van der Waals surface area contributed by atoms with E-state index in [4.69, 9.17) is 0 Å². The predicted molar refractivity (Wildman–Crippen MR) is 52.2 cm³/mol. The van der Waals surface area contributed by atoms with Crippen LogP contribution in [-0.2, 0) is 4.79 Å². The Hall–Kier alpha value is -0.530. The van der Waals surface area contributed by atoms with Gasteiger partial charge in [0, 0.05) is 19.0 Å². The van der Waals surface area contributed by atoms with Crippen molar-refractivity contribution < 1.29 is 4.79 Å². The number of hydrogen-bond acceptors (Lipinski definition) is 1. The molecule has 1 saturated carbocycles. The van der Waals surface area contributed by atoms with E-state index in [1.54, 1.807) is 0 Å². The highest BCUT2D eigenvalue weighted by atomic mass is 16.2. The molecule has 74 valence electrons. The minimum atomic E-state index is 0.408. The van der Waals surface area contributed by atoms with Gasteiger partial charge in [-0.25, -0.2) is 0 Å². The summed E-state index contributed by atoms with van der Waals surface area (Å²) < 4.78 is 0. The molecule has 13 heavy (non-hydrogen) atoms. The molecule has 1 heterocycles. The summed E-state index contributed by atoms with van der Waals surface area (Å²) in [6.07, 6.45) is 3.50. The number of nitrogens with zero attached hydrogens (tertiary/aromatic N) is 1. The Morgan fingerprint density at radius 3 is 2.46 bits per heavy atom. The number of rotatable bonds is 2. The third kappa shape index (κ3) is 1.87. The normalized spacial score (nSPS) is 28.5. The van der Waals surface area contributed by atoms with E-state index in [1.165, 1.54) is 6.42 Å². The molecule has 1 amide bonds. The molecule has 2 nitrogen and oxygen atoms in total. The number of likely N-dealkylation sites (tertiary alicyclic amines) is 1. The van der Waals surface area contributed by atoms with Crippen LogP contribution in [0.2, 0.25) is 0 Å². The zero-order chi connectivity index (χ0) is 9.42. The first-order valence-corrected chi connectivity index (χ1v) is 5.47.